The molecule has 0 aromatic heterocycles. The number of carbonyl (C=O) groups excluding carboxylic acids is 8. The van der Waals surface area contributed by atoms with Crippen LogP contribution in [-0.4, -0.2) is 178 Å². The number of rotatable bonds is 19. The minimum atomic E-state index is -1.34. The van der Waals surface area contributed by atoms with Gasteiger partial charge < -0.3 is 64.6 Å². The normalized spacial score (nSPS) is 25.2. The number of hydrogen-bond acceptors (Lipinski definition) is 15. The Morgan fingerprint density at radius 3 is 2.05 bits per heavy atom. The molecular weight excluding hydrogens is 961 g/mol. The van der Waals surface area contributed by atoms with E-state index in [0.29, 0.717) is 30.8 Å². The van der Waals surface area contributed by atoms with Crippen LogP contribution in [0.4, 0.5) is 4.79 Å². The monoisotopic (exact) mass is 1040 g/mol. The second-order valence-corrected chi connectivity index (χ2v) is 19.1. The minimum absolute atomic E-state index is 0.0557. The molecule has 1 aliphatic rings. The highest BCUT2D eigenvalue weighted by Gasteiger charge is 2.37. The Morgan fingerprint density at radius 2 is 1.46 bits per heavy atom. The highest BCUT2D eigenvalue weighted by molar-refractivity contribution is 5.96. The summed E-state index contributed by atoms with van der Waals surface area (Å²) in [7, 11) is 2.82. The van der Waals surface area contributed by atoms with Crippen LogP contribution in [0.2, 0.25) is 0 Å². The summed E-state index contributed by atoms with van der Waals surface area (Å²) in [5, 5.41) is 19.5. The molecule has 0 spiro atoms. The van der Waals surface area contributed by atoms with E-state index in [0.717, 1.165) is 4.90 Å². The molecule has 1 aromatic carbocycles. The second-order valence-electron chi connectivity index (χ2n) is 19.1. The number of hydrogen-bond donors (Lipinski definition) is 5. The minimum Gasteiger partial charge on any atom is -0.456 e. The van der Waals surface area contributed by atoms with Crippen molar-refractivity contribution in [1.82, 2.24) is 31.1 Å². The van der Waals surface area contributed by atoms with E-state index in [9.17, 15) is 38.4 Å². The number of aliphatic hydroxyl groups is 1. The number of ether oxygens (including phenoxy) is 6. The fourth-order valence-electron chi connectivity index (χ4n) is 7.70. The molecule has 1 heterocycles. The Balaban J connectivity index is 2.59. The number of amides is 6. The number of nitrogens with zero attached hydrogens (tertiary/aromatic N) is 2. The van der Waals surface area contributed by atoms with Gasteiger partial charge in [-0.3, -0.25) is 24.0 Å². The third-order valence-electron chi connectivity index (χ3n) is 12.6. The molecule has 6 amide bonds. The molecule has 0 saturated carbocycles. The van der Waals surface area contributed by atoms with Crippen LogP contribution in [0.3, 0.4) is 0 Å². The van der Waals surface area contributed by atoms with Gasteiger partial charge in [-0.05, 0) is 64.0 Å². The SMILES string of the molecule is C/C=C(\C)[C@H]1OC(=O)[C@@H](C)NC(=O)[C@H](C(C)CC)NC(=O)CN(C)C(=O)[C@@H](Cc2ccccc2)N(C)C(=O)[C@H](C)NC(=O)[C@@H](CC(C)C)OC(=O)/C(C)=C/C[C@H](OC(=O)NCCOCCOCCOCCO)[C@@H]1C. The van der Waals surface area contributed by atoms with Gasteiger partial charge in [0.25, 0.3) is 5.91 Å². The van der Waals surface area contributed by atoms with Crippen LogP contribution in [0.15, 0.2) is 53.6 Å². The number of nitrogens with one attached hydrogen (secondary N) is 4. The largest absolute Gasteiger partial charge is 0.456 e. The van der Waals surface area contributed by atoms with Gasteiger partial charge in [0.05, 0.1) is 52.8 Å². The molecule has 0 fully saturated rings. The lowest BCUT2D eigenvalue weighted by atomic mass is 9.90. The zero-order valence-corrected chi connectivity index (χ0v) is 45.6. The maximum Gasteiger partial charge on any atom is 0.407 e. The molecule has 1 unspecified atom stereocenters. The molecule has 21 heteroatoms. The summed E-state index contributed by atoms with van der Waals surface area (Å²) in [6.45, 7) is 17.8. The lowest BCUT2D eigenvalue weighted by Gasteiger charge is -2.33. The van der Waals surface area contributed by atoms with Crippen molar-refractivity contribution in [3.05, 3.63) is 59.2 Å². The fraction of sp³-hybridized carbons (Fsp3) is 0.660. The van der Waals surface area contributed by atoms with Crippen LogP contribution in [-0.2, 0) is 68.4 Å². The number of likely N-dealkylation sites (N-methyl/N-ethyl adjacent to an activating group) is 2. The summed E-state index contributed by atoms with van der Waals surface area (Å²) in [5.74, 6) is -6.35. The van der Waals surface area contributed by atoms with Crippen molar-refractivity contribution in [3.8, 4) is 0 Å². The van der Waals surface area contributed by atoms with Gasteiger partial charge in [0.15, 0.2) is 6.10 Å². The van der Waals surface area contributed by atoms with Crippen molar-refractivity contribution >= 4 is 47.6 Å². The molecule has 0 bridgehead atoms. The maximum absolute atomic E-state index is 14.3. The fourth-order valence-corrected chi connectivity index (χ4v) is 7.70. The predicted octanol–water partition coefficient (Wildman–Crippen LogP) is 3.01. The number of aliphatic hydroxyl groups excluding tert-OH is 1. The third-order valence-corrected chi connectivity index (χ3v) is 12.6. The first kappa shape index (κ1) is 64.2. The van der Waals surface area contributed by atoms with Crippen LogP contribution in [0.5, 0.6) is 0 Å². The molecule has 1 aliphatic heterocycles. The molecule has 21 nitrogen and oxygen atoms in total. The molecule has 416 valence electrons. The molecule has 1 aromatic rings. The number of alkyl carbamates (subject to hydrolysis) is 1. The quantitative estimate of drug-likeness (QED) is 0.0577. The first-order valence-electron chi connectivity index (χ1n) is 25.5. The van der Waals surface area contributed by atoms with E-state index in [4.69, 9.17) is 33.5 Å². The van der Waals surface area contributed by atoms with E-state index in [1.807, 2.05) is 20.8 Å². The van der Waals surface area contributed by atoms with Gasteiger partial charge in [0.1, 0.15) is 36.4 Å². The Morgan fingerprint density at radius 1 is 0.851 bits per heavy atom. The molecule has 2 rings (SSSR count). The van der Waals surface area contributed by atoms with Gasteiger partial charge >= 0.3 is 18.0 Å². The summed E-state index contributed by atoms with van der Waals surface area (Å²) < 4.78 is 33.9. The second kappa shape index (κ2) is 33.8. The van der Waals surface area contributed by atoms with Crippen molar-refractivity contribution in [1.29, 1.82) is 0 Å². The number of cyclic esters (lactones) is 2. The van der Waals surface area contributed by atoms with Gasteiger partial charge in [-0.2, -0.15) is 0 Å². The molecule has 0 aliphatic carbocycles. The van der Waals surface area contributed by atoms with E-state index in [1.54, 1.807) is 64.1 Å². The Hall–Kier alpha value is -5.90. The smallest absolute Gasteiger partial charge is 0.407 e. The van der Waals surface area contributed by atoms with E-state index < -0.39 is 108 Å². The molecular formula is C53H84N6O15. The zero-order valence-electron chi connectivity index (χ0n) is 45.6. The average Bonchev–Trinajstić information content (AvgIpc) is 3.37. The molecule has 0 saturated heterocycles. The van der Waals surface area contributed by atoms with Gasteiger partial charge in [0.2, 0.25) is 23.6 Å². The molecule has 5 N–H and O–H groups in total. The van der Waals surface area contributed by atoms with Gasteiger partial charge in [-0.15, -0.1) is 0 Å². The third kappa shape index (κ3) is 22.3. The van der Waals surface area contributed by atoms with E-state index in [-0.39, 0.29) is 70.3 Å². The lowest BCUT2D eigenvalue weighted by Crippen LogP contribution is -2.57. The van der Waals surface area contributed by atoms with Crippen LogP contribution in [0.1, 0.15) is 94.1 Å². The predicted molar refractivity (Wildman–Crippen MR) is 275 cm³/mol. The van der Waals surface area contributed by atoms with E-state index in [1.165, 1.54) is 45.8 Å². The van der Waals surface area contributed by atoms with Crippen LogP contribution in [0.25, 0.3) is 0 Å². The topological polar surface area (TPSA) is 267 Å². The number of carbonyl (C=O) groups is 8. The Bertz CT molecular complexity index is 2030. The van der Waals surface area contributed by atoms with E-state index >= 15 is 0 Å². The first-order chi connectivity index (χ1) is 35.1. The first-order valence-corrected chi connectivity index (χ1v) is 25.5. The average molecular weight is 1050 g/mol. The molecule has 74 heavy (non-hydrogen) atoms. The summed E-state index contributed by atoms with van der Waals surface area (Å²) in [6.07, 6.45) is -0.505. The van der Waals surface area contributed by atoms with Crippen LogP contribution in [0, 0.1) is 17.8 Å². The number of esters is 2. The molecule has 9 atom stereocenters. The highest BCUT2D eigenvalue weighted by Crippen LogP contribution is 2.26. The van der Waals surface area contributed by atoms with Crippen LogP contribution < -0.4 is 21.3 Å². The Labute approximate surface area is 437 Å². The lowest BCUT2D eigenvalue weighted by molar-refractivity contribution is -0.155. The van der Waals surface area contributed by atoms with E-state index in [2.05, 4.69) is 21.3 Å². The van der Waals surface area contributed by atoms with Crippen molar-refractivity contribution in [2.24, 2.45) is 17.8 Å². The summed E-state index contributed by atoms with van der Waals surface area (Å²) in [6, 6.07) is 4.25. The van der Waals surface area contributed by atoms with Crippen molar-refractivity contribution < 1.29 is 71.9 Å². The van der Waals surface area contributed by atoms with Gasteiger partial charge in [-0.25, -0.2) is 14.4 Å². The van der Waals surface area contributed by atoms with Gasteiger partial charge in [-0.1, -0.05) is 83.5 Å². The Kier molecular flexibility index (Phi) is 29.4. The maximum atomic E-state index is 14.3. The summed E-state index contributed by atoms with van der Waals surface area (Å²) in [5.41, 5.74) is 1.36. The molecule has 0 radical (unpaired) electrons. The summed E-state index contributed by atoms with van der Waals surface area (Å²) >= 11 is 0. The standard InChI is InChI=1S/C53H84N6O15/c1-13-34(5)45-48(63)56-39(10)52(67)74-46(35(6)14-2)37(8)42(73-53(68)54-22-24-69-26-28-71-29-27-70-25-23-60)21-20-36(7)51(66)72-43(30-33(3)4)47(62)55-38(9)49(64)59(12)41(31-40-18-16-15-17-19-40)50(65)58(11)32-44(61)57-45/h14-20,33-34,37-39,41-43,45-46,60H,13,21-32H2,1-12H3,(H,54,68)(H,55,62)(H,56,63)(H,57,61)/b35-14+,36-20+/t34?,37-,38-,39+,41+,42-,43+,45-,46+/m0/s1. The van der Waals surface area contributed by atoms with Crippen molar-refractivity contribution in [2.75, 3.05) is 73.4 Å². The van der Waals surface area contributed by atoms with Crippen LogP contribution >= 0.6 is 0 Å². The highest BCUT2D eigenvalue weighted by atomic mass is 16.6. The van der Waals surface area contributed by atoms with Crippen molar-refractivity contribution in [3.63, 3.8) is 0 Å². The summed E-state index contributed by atoms with van der Waals surface area (Å²) in [4.78, 5) is 113. The number of benzene rings is 1. The zero-order chi connectivity index (χ0) is 55.5. The number of allylic oxidation sites excluding steroid dienone is 1. The van der Waals surface area contributed by atoms with Gasteiger partial charge in [0, 0.05) is 45.0 Å². The van der Waals surface area contributed by atoms with Crippen molar-refractivity contribution in [2.45, 2.75) is 137 Å².